The van der Waals surface area contributed by atoms with Gasteiger partial charge in [0.15, 0.2) is 10.6 Å². The molecule has 0 fully saturated rings. The molecule has 19 heavy (non-hydrogen) atoms. The van der Waals surface area contributed by atoms with Crippen LogP contribution in [0.1, 0.15) is 13.3 Å². The molecule has 98 valence electrons. The third kappa shape index (κ3) is 5.45. The average Bonchev–Trinajstić information content (AvgIpc) is 2.49. The molecule has 0 bridgehead atoms. The van der Waals surface area contributed by atoms with E-state index in [4.69, 9.17) is 5.11 Å². The van der Waals surface area contributed by atoms with Crippen LogP contribution in [-0.2, 0) is 9.36 Å². The average molecular weight is 275 g/mol. The van der Waals surface area contributed by atoms with E-state index in [0.29, 0.717) is 0 Å². The van der Waals surface area contributed by atoms with Crippen molar-refractivity contribution in [2.45, 2.75) is 13.3 Å². The summed E-state index contributed by atoms with van der Waals surface area (Å²) in [6.45, 7) is 1.60. The van der Waals surface area contributed by atoms with Gasteiger partial charge >= 0.3 is 13.8 Å². The highest BCUT2D eigenvalue weighted by Crippen LogP contribution is 2.18. The molecule has 2 aromatic carbocycles. The molecule has 0 amide bonds. The number of carboxylic acid groups (broad SMARTS) is 1. The Bertz CT molecular complexity index is 482. The monoisotopic (exact) mass is 275 g/mol. The summed E-state index contributed by atoms with van der Waals surface area (Å²) in [7, 11) is -1.42. The number of hydrogen-bond donors (Lipinski definition) is 1. The lowest BCUT2D eigenvalue weighted by Gasteiger charge is -1.87. The minimum absolute atomic E-state index is 0.222. The van der Waals surface area contributed by atoms with Gasteiger partial charge in [-0.2, -0.15) is 0 Å². The molecule has 0 aliphatic rings. The van der Waals surface area contributed by atoms with E-state index < -0.39 is 13.8 Å². The van der Waals surface area contributed by atoms with Crippen molar-refractivity contribution in [2.24, 2.45) is 0 Å². The van der Waals surface area contributed by atoms with Gasteiger partial charge in [0.2, 0.25) is 0 Å². The van der Waals surface area contributed by atoms with Crippen molar-refractivity contribution in [1.82, 2.24) is 0 Å². The van der Waals surface area contributed by atoms with Crippen LogP contribution in [0.5, 0.6) is 0 Å². The molecule has 0 aliphatic heterocycles. The van der Waals surface area contributed by atoms with Gasteiger partial charge in [-0.05, 0) is 24.3 Å². The first-order valence-electron chi connectivity index (χ1n) is 5.94. The Hall–Kier alpha value is -1.99. The van der Waals surface area contributed by atoms with Crippen LogP contribution < -0.4 is 10.6 Å². The van der Waals surface area contributed by atoms with Gasteiger partial charge in [0, 0.05) is 6.42 Å². The molecule has 1 N–H and O–H groups in total. The van der Waals surface area contributed by atoms with Crippen molar-refractivity contribution in [3.8, 4) is 0 Å². The molecule has 0 aliphatic carbocycles. The summed E-state index contributed by atoms with van der Waals surface area (Å²) < 4.78 is 12.0. The van der Waals surface area contributed by atoms with Gasteiger partial charge in [-0.25, -0.2) is 0 Å². The number of rotatable bonds is 3. The highest BCUT2D eigenvalue weighted by Gasteiger charge is 2.21. The fourth-order valence-electron chi connectivity index (χ4n) is 1.28. The van der Waals surface area contributed by atoms with Gasteiger partial charge in [0.1, 0.15) is 0 Å². The lowest BCUT2D eigenvalue weighted by molar-refractivity contribution is -0.136. The molecule has 0 spiro atoms. The van der Waals surface area contributed by atoms with Gasteiger partial charge in [0.05, 0.1) is 0 Å². The van der Waals surface area contributed by atoms with Gasteiger partial charge in [0.25, 0.3) is 0 Å². The maximum absolute atomic E-state index is 12.0. The first kappa shape index (κ1) is 15.1. The molecular formula is C15H16O3P+. The van der Waals surface area contributed by atoms with Crippen LogP contribution in [0.4, 0.5) is 0 Å². The van der Waals surface area contributed by atoms with Gasteiger partial charge in [-0.3, -0.25) is 4.79 Å². The first-order valence-corrected chi connectivity index (χ1v) is 7.20. The SMILES string of the molecule is CCC(=O)O.O=[P+](c1ccccc1)c1ccccc1. The van der Waals surface area contributed by atoms with Crippen LogP contribution in [0.25, 0.3) is 0 Å². The van der Waals surface area contributed by atoms with Crippen LogP contribution in [0.3, 0.4) is 0 Å². The number of benzene rings is 2. The summed E-state index contributed by atoms with van der Waals surface area (Å²) in [5, 5.41) is 9.49. The van der Waals surface area contributed by atoms with E-state index in [0.717, 1.165) is 10.6 Å². The predicted octanol–water partition coefficient (Wildman–Crippen LogP) is 2.95. The van der Waals surface area contributed by atoms with E-state index in [2.05, 4.69) is 0 Å². The highest BCUT2D eigenvalue weighted by molar-refractivity contribution is 7.61. The zero-order valence-electron chi connectivity index (χ0n) is 10.7. The third-order valence-electron chi connectivity index (χ3n) is 2.28. The molecule has 0 saturated heterocycles. The van der Waals surface area contributed by atoms with Crippen molar-refractivity contribution in [1.29, 1.82) is 0 Å². The minimum Gasteiger partial charge on any atom is -0.481 e. The normalized spacial score (nSPS) is 9.11. The smallest absolute Gasteiger partial charge is 0.415 e. The maximum Gasteiger partial charge on any atom is 0.415 e. The van der Waals surface area contributed by atoms with E-state index >= 15 is 0 Å². The zero-order chi connectivity index (χ0) is 14.1. The number of carbonyl (C=O) groups is 1. The van der Waals surface area contributed by atoms with Gasteiger partial charge in [-0.1, -0.05) is 47.9 Å². The van der Waals surface area contributed by atoms with Gasteiger partial charge in [-0.15, -0.1) is 0 Å². The highest BCUT2D eigenvalue weighted by atomic mass is 31.1. The molecule has 0 atom stereocenters. The van der Waals surface area contributed by atoms with Crippen LogP contribution in [0.15, 0.2) is 60.7 Å². The van der Waals surface area contributed by atoms with E-state index in [1.165, 1.54) is 0 Å². The topological polar surface area (TPSA) is 54.4 Å². The van der Waals surface area contributed by atoms with Crippen molar-refractivity contribution in [2.75, 3.05) is 0 Å². The molecule has 4 heteroatoms. The second-order valence-electron chi connectivity index (χ2n) is 3.71. The summed E-state index contributed by atoms with van der Waals surface area (Å²) in [5.41, 5.74) is 0. The van der Waals surface area contributed by atoms with Crippen molar-refractivity contribution >= 4 is 24.4 Å². The molecule has 0 saturated carbocycles. The molecule has 0 radical (unpaired) electrons. The lowest BCUT2D eigenvalue weighted by Crippen LogP contribution is -2.04. The molecule has 0 aromatic heterocycles. The lowest BCUT2D eigenvalue weighted by atomic mass is 10.4. The second-order valence-corrected chi connectivity index (χ2v) is 5.33. The summed E-state index contributed by atoms with van der Waals surface area (Å²) in [6, 6.07) is 19.1. The number of aliphatic carboxylic acids is 1. The third-order valence-corrected chi connectivity index (χ3v) is 3.82. The second kappa shape index (κ2) is 8.17. The maximum atomic E-state index is 12.0. The van der Waals surface area contributed by atoms with E-state index in [1.54, 1.807) is 6.92 Å². The Labute approximate surface area is 113 Å². The minimum atomic E-state index is -1.42. The fraction of sp³-hybridized carbons (Fsp3) is 0.133. The van der Waals surface area contributed by atoms with Crippen LogP contribution in [0.2, 0.25) is 0 Å². The van der Waals surface area contributed by atoms with E-state index in [1.807, 2.05) is 60.7 Å². The van der Waals surface area contributed by atoms with Crippen molar-refractivity contribution < 1.29 is 14.5 Å². The largest absolute Gasteiger partial charge is 0.481 e. The summed E-state index contributed by atoms with van der Waals surface area (Å²) in [6.07, 6.45) is 0.222. The molecule has 3 nitrogen and oxygen atoms in total. The zero-order valence-corrected chi connectivity index (χ0v) is 11.6. The Balaban J connectivity index is 0.000000312. The van der Waals surface area contributed by atoms with Crippen molar-refractivity contribution in [3.05, 3.63) is 60.7 Å². The fourth-order valence-corrected chi connectivity index (χ4v) is 2.46. The molecule has 2 rings (SSSR count). The Morgan fingerprint density at radius 2 is 1.26 bits per heavy atom. The summed E-state index contributed by atoms with van der Waals surface area (Å²) in [5.74, 6) is -0.745. The van der Waals surface area contributed by atoms with E-state index in [-0.39, 0.29) is 6.42 Å². The predicted molar refractivity (Wildman–Crippen MR) is 77.7 cm³/mol. The number of hydrogen-bond acceptors (Lipinski definition) is 2. The molecular weight excluding hydrogens is 259 g/mol. The Morgan fingerprint density at radius 3 is 1.53 bits per heavy atom. The van der Waals surface area contributed by atoms with E-state index in [9.17, 15) is 9.36 Å². The molecule has 2 aromatic rings. The van der Waals surface area contributed by atoms with Crippen molar-refractivity contribution in [3.63, 3.8) is 0 Å². The quantitative estimate of drug-likeness (QED) is 0.876. The Kier molecular flexibility index (Phi) is 6.48. The standard InChI is InChI=1S/C12H10OP.C3H6O2/c13-14(11-7-3-1-4-8-11)12-9-5-2-6-10-12;1-2-3(4)5/h1-10H;2H2,1H3,(H,4,5)/q+1;. The van der Waals surface area contributed by atoms with Gasteiger partial charge < -0.3 is 5.11 Å². The van der Waals surface area contributed by atoms with Crippen LogP contribution >= 0.6 is 7.80 Å². The first-order chi connectivity index (χ1) is 9.15. The van der Waals surface area contributed by atoms with Crippen LogP contribution in [-0.4, -0.2) is 11.1 Å². The summed E-state index contributed by atoms with van der Waals surface area (Å²) >= 11 is 0. The Morgan fingerprint density at radius 1 is 0.947 bits per heavy atom. The van der Waals surface area contributed by atoms with Crippen LogP contribution in [0, 0.1) is 0 Å². The number of carboxylic acids is 1. The summed E-state index contributed by atoms with van der Waals surface area (Å²) in [4.78, 5) is 9.37. The molecule has 0 unspecified atom stereocenters. The molecule has 0 heterocycles.